The Morgan fingerprint density at radius 2 is 2.00 bits per heavy atom. The van der Waals surface area contributed by atoms with Gasteiger partial charge in [-0.05, 0) is 25.3 Å². The number of ether oxygens (including phenoxy) is 1. The summed E-state index contributed by atoms with van der Waals surface area (Å²) in [7, 11) is 0. The van der Waals surface area contributed by atoms with Crippen LogP contribution in [-0.4, -0.2) is 41.4 Å². The molecule has 0 N–H and O–H groups in total. The number of rotatable bonds is 9. The molecular formula is C17H24N2O5. The highest BCUT2D eigenvalue weighted by atomic mass is 16.6. The molecule has 0 fully saturated rings. The number of amides is 1. The molecule has 7 nitrogen and oxygen atoms in total. The first-order chi connectivity index (χ1) is 11.3. The molecule has 24 heavy (non-hydrogen) atoms. The van der Waals surface area contributed by atoms with Crippen LogP contribution in [0.25, 0.3) is 0 Å². The molecule has 0 bridgehead atoms. The Balaban J connectivity index is 2.87. The fourth-order valence-electron chi connectivity index (χ4n) is 2.12. The van der Waals surface area contributed by atoms with Crippen LogP contribution in [0.1, 0.15) is 44.0 Å². The highest BCUT2D eigenvalue weighted by Gasteiger charge is 2.19. The largest absolute Gasteiger partial charge is 0.466 e. The van der Waals surface area contributed by atoms with Gasteiger partial charge in [-0.1, -0.05) is 19.9 Å². The molecule has 7 heteroatoms. The van der Waals surface area contributed by atoms with E-state index in [9.17, 15) is 19.7 Å². The molecule has 0 spiro atoms. The molecule has 1 rings (SSSR count). The summed E-state index contributed by atoms with van der Waals surface area (Å²) in [6, 6.07) is 5.63. The Hall–Kier alpha value is -2.44. The molecule has 0 saturated carbocycles. The van der Waals surface area contributed by atoms with Crippen LogP contribution in [-0.2, 0) is 9.53 Å². The number of non-ortho nitro benzene ring substituents is 1. The Bertz CT molecular complexity index is 586. The zero-order chi connectivity index (χ0) is 18.1. The second-order valence-electron chi connectivity index (χ2n) is 5.84. The molecular weight excluding hydrogens is 312 g/mol. The first-order valence-corrected chi connectivity index (χ1v) is 8.04. The van der Waals surface area contributed by atoms with E-state index in [0.29, 0.717) is 19.1 Å². The summed E-state index contributed by atoms with van der Waals surface area (Å²) >= 11 is 0. The number of nitro groups is 1. The zero-order valence-electron chi connectivity index (χ0n) is 14.4. The maximum absolute atomic E-state index is 12.7. The van der Waals surface area contributed by atoms with Crippen molar-refractivity contribution in [3.63, 3.8) is 0 Å². The van der Waals surface area contributed by atoms with Crippen molar-refractivity contribution < 1.29 is 19.2 Å². The van der Waals surface area contributed by atoms with Gasteiger partial charge >= 0.3 is 5.97 Å². The van der Waals surface area contributed by atoms with Crippen LogP contribution in [0.3, 0.4) is 0 Å². The van der Waals surface area contributed by atoms with E-state index in [-0.39, 0.29) is 36.1 Å². The van der Waals surface area contributed by atoms with Gasteiger partial charge in [-0.2, -0.15) is 0 Å². The maximum Gasteiger partial charge on any atom is 0.307 e. The van der Waals surface area contributed by atoms with Gasteiger partial charge in [0.15, 0.2) is 0 Å². The van der Waals surface area contributed by atoms with Gasteiger partial charge in [0, 0.05) is 30.8 Å². The van der Waals surface area contributed by atoms with Crippen LogP contribution in [0, 0.1) is 16.0 Å². The molecule has 0 aromatic heterocycles. The minimum Gasteiger partial charge on any atom is -0.466 e. The molecule has 0 aliphatic heterocycles. The van der Waals surface area contributed by atoms with Crippen LogP contribution >= 0.6 is 0 Å². The van der Waals surface area contributed by atoms with E-state index >= 15 is 0 Å². The third kappa shape index (κ3) is 6.36. The smallest absolute Gasteiger partial charge is 0.307 e. The zero-order valence-corrected chi connectivity index (χ0v) is 14.4. The lowest BCUT2D eigenvalue weighted by molar-refractivity contribution is -0.384. The van der Waals surface area contributed by atoms with E-state index in [1.54, 1.807) is 17.9 Å². The minimum atomic E-state index is -0.534. The predicted octanol–water partition coefficient (Wildman–Crippen LogP) is 3.04. The second-order valence-corrected chi connectivity index (χ2v) is 5.84. The van der Waals surface area contributed by atoms with E-state index in [1.807, 2.05) is 13.8 Å². The van der Waals surface area contributed by atoms with Crippen molar-refractivity contribution in [2.45, 2.75) is 33.6 Å². The van der Waals surface area contributed by atoms with Gasteiger partial charge in [0.1, 0.15) is 0 Å². The molecule has 132 valence electrons. The first-order valence-electron chi connectivity index (χ1n) is 8.04. The third-order valence-electron chi connectivity index (χ3n) is 3.46. The highest BCUT2D eigenvalue weighted by molar-refractivity contribution is 5.95. The van der Waals surface area contributed by atoms with Crippen LogP contribution in [0.2, 0.25) is 0 Å². The molecule has 0 saturated heterocycles. The van der Waals surface area contributed by atoms with Gasteiger partial charge < -0.3 is 9.64 Å². The fraction of sp³-hybridized carbons (Fsp3) is 0.529. The predicted molar refractivity (Wildman–Crippen MR) is 89.7 cm³/mol. The van der Waals surface area contributed by atoms with E-state index in [1.165, 1.54) is 18.2 Å². The summed E-state index contributed by atoms with van der Waals surface area (Å²) in [4.78, 5) is 36.1. The van der Waals surface area contributed by atoms with Crippen LogP contribution < -0.4 is 0 Å². The Kier molecular flexibility index (Phi) is 7.88. The van der Waals surface area contributed by atoms with E-state index in [2.05, 4.69) is 0 Å². The summed E-state index contributed by atoms with van der Waals surface area (Å²) < 4.78 is 4.89. The molecule has 0 unspecified atom stereocenters. The number of hydrogen-bond donors (Lipinski definition) is 0. The molecule has 1 aromatic rings. The number of nitrogens with zero attached hydrogens (tertiary/aromatic N) is 2. The van der Waals surface area contributed by atoms with Crippen molar-refractivity contribution in [2.75, 3.05) is 19.7 Å². The van der Waals surface area contributed by atoms with Crippen molar-refractivity contribution in [3.05, 3.63) is 39.9 Å². The SMILES string of the molecule is CCOC(=O)CCN(CCC(C)C)C(=O)c1cccc([N+](=O)[O-])c1. The van der Waals surface area contributed by atoms with E-state index < -0.39 is 4.92 Å². The van der Waals surface area contributed by atoms with Crippen molar-refractivity contribution in [1.29, 1.82) is 0 Å². The fourth-order valence-corrected chi connectivity index (χ4v) is 2.12. The van der Waals surface area contributed by atoms with Crippen LogP contribution in [0.4, 0.5) is 5.69 Å². The Labute approximate surface area is 141 Å². The quantitative estimate of drug-likeness (QED) is 0.393. The monoisotopic (exact) mass is 336 g/mol. The number of esters is 1. The minimum absolute atomic E-state index is 0.104. The molecule has 0 atom stereocenters. The van der Waals surface area contributed by atoms with Gasteiger partial charge in [-0.25, -0.2) is 0 Å². The summed E-state index contributed by atoms with van der Waals surface area (Å²) in [5, 5.41) is 10.9. The number of nitro benzene ring substituents is 1. The number of carbonyl (C=O) groups excluding carboxylic acids is 2. The number of benzene rings is 1. The standard InChI is InChI=1S/C17H24N2O5/c1-4-24-16(20)9-11-18(10-8-13(2)3)17(21)14-6-5-7-15(12-14)19(22)23/h5-7,12-13H,4,8-11H2,1-3H3. The van der Waals surface area contributed by atoms with Gasteiger partial charge in [-0.3, -0.25) is 19.7 Å². The van der Waals surface area contributed by atoms with Gasteiger partial charge in [0.25, 0.3) is 11.6 Å². The molecule has 0 aliphatic carbocycles. The van der Waals surface area contributed by atoms with Crippen LogP contribution in [0.5, 0.6) is 0 Å². The van der Waals surface area contributed by atoms with E-state index in [0.717, 1.165) is 6.42 Å². The lowest BCUT2D eigenvalue weighted by Gasteiger charge is -2.23. The average Bonchev–Trinajstić information content (AvgIpc) is 2.54. The van der Waals surface area contributed by atoms with Gasteiger partial charge in [0.2, 0.25) is 0 Å². The summed E-state index contributed by atoms with van der Waals surface area (Å²) in [5.74, 6) is -0.282. The van der Waals surface area contributed by atoms with Gasteiger partial charge in [-0.15, -0.1) is 0 Å². The lowest BCUT2D eigenvalue weighted by Crippen LogP contribution is -2.34. The number of hydrogen-bond acceptors (Lipinski definition) is 5. The Morgan fingerprint density at radius 1 is 1.29 bits per heavy atom. The number of carbonyl (C=O) groups is 2. The summed E-state index contributed by atoms with van der Waals surface area (Å²) in [6.07, 6.45) is 0.885. The molecule has 1 amide bonds. The van der Waals surface area contributed by atoms with Crippen LogP contribution in [0.15, 0.2) is 24.3 Å². The molecule has 1 aromatic carbocycles. The normalized spacial score (nSPS) is 10.5. The Morgan fingerprint density at radius 3 is 2.58 bits per heavy atom. The maximum atomic E-state index is 12.7. The second kappa shape index (κ2) is 9.64. The topological polar surface area (TPSA) is 89.8 Å². The lowest BCUT2D eigenvalue weighted by atomic mass is 10.1. The summed E-state index contributed by atoms with van der Waals surface area (Å²) in [5.41, 5.74) is 0.117. The first kappa shape index (κ1) is 19.6. The van der Waals surface area contributed by atoms with Crippen molar-refractivity contribution in [2.24, 2.45) is 5.92 Å². The third-order valence-corrected chi connectivity index (χ3v) is 3.46. The average molecular weight is 336 g/mol. The van der Waals surface area contributed by atoms with Gasteiger partial charge in [0.05, 0.1) is 18.0 Å². The van der Waals surface area contributed by atoms with Crippen molar-refractivity contribution >= 4 is 17.6 Å². The molecule has 0 heterocycles. The molecule has 0 radical (unpaired) electrons. The van der Waals surface area contributed by atoms with Crippen molar-refractivity contribution in [1.82, 2.24) is 4.90 Å². The van der Waals surface area contributed by atoms with Crippen molar-refractivity contribution in [3.8, 4) is 0 Å². The van der Waals surface area contributed by atoms with E-state index in [4.69, 9.17) is 4.74 Å². The summed E-state index contributed by atoms with van der Waals surface area (Å²) in [6.45, 7) is 6.82. The highest BCUT2D eigenvalue weighted by Crippen LogP contribution is 2.16. The molecule has 0 aliphatic rings.